The number of benzene rings is 1. The van der Waals surface area contributed by atoms with Crippen LogP contribution in [0.1, 0.15) is 20.7 Å². The number of nitrogens with zero attached hydrogens (tertiary/aromatic N) is 1. The Balaban J connectivity index is 2.22. The molecule has 96 valence electrons. The fourth-order valence-electron chi connectivity index (χ4n) is 1.47. The van der Waals surface area contributed by atoms with Gasteiger partial charge in [-0.05, 0) is 18.2 Å². The molecule has 0 atom stereocenters. The lowest BCUT2D eigenvalue weighted by Gasteiger charge is -2.06. The molecule has 0 aliphatic rings. The number of carboxylic acids is 1. The van der Waals surface area contributed by atoms with E-state index in [4.69, 9.17) is 16.7 Å². The Hall–Kier alpha value is -2.40. The molecular weight excluding hydrogens is 268 g/mol. The summed E-state index contributed by atoms with van der Waals surface area (Å²) in [5.41, 5.74) is 0.603. The maximum Gasteiger partial charge on any atom is 0.337 e. The molecule has 19 heavy (non-hydrogen) atoms. The van der Waals surface area contributed by atoms with Gasteiger partial charge in [-0.25, -0.2) is 4.79 Å². The van der Waals surface area contributed by atoms with Crippen molar-refractivity contribution < 1.29 is 14.7 Å². The van der Waals surface area contributed by atoms with E-state index in [-0.39, 0.29) is 5.56 Å². The number of anilines is 1. The number of halogens is 1. The van der Waals surface area contributed by atoms with Gasteiger partial charge in [0, 0.05) is 6.20 Å². The molecular formula is C13H9ClN2O3. The highest BCUT2D eigenvalue weighted by atomic mass is 35.5. The largest absolute Gasteiger partial charge is 0.478 e. The van der Waals surface area contributed by atoms with E-state index in [1.165, 1.54) is 18.5 Å². The second-order valence-corrected chi connectivity index (χ2v) is 4.11. The molecule has 0 spiro atoms. The minimum Gasteiger partial charge on any atom is -0.478 e. The zero-order valence-electron chi connectivity index (χ0n) is 9.63. The molecule has 1 aromatic carbocycles. The zero-order valence-corrected chi connectivity index (χ0v) is 10.4. The number of aromatic carboxylic acids is 1. The van der Waals surface area contributed by atoms with Gasteiger partial charge >= 0.3 is 5.97 Å². The molecule has 0 aliphatic carbocycles. The van der Waals surface area contributed by atoms with Crippen LogP contribution in [0.3, 0.4) is 0 Å². The maximum atomic E-state index is 11.9. The van der Waals surface area contributed by atoms with Crippen molar-refractivity contribution in [2.24, 2.45) is 0 Å². The summed E-state index contributed by atoms with van der Waals surface area (Å²) in [6.07, 6.45) is 2.56. The van der Waals surface area contributed by atoms with Gasteiger partial charge in [0.25, 0.3) is 5.91 Å². The summed E-state index contributed by atoms with van der Waals surface area (Å²) in [5, 5.41) is 11.7. The molecule has 0 bridgehead atoms. The van der Waals surface area contributed by atoms with Crippen molar-refractivity contribution in [3.8, 4) is 0 Å². The van der Waals surface area contributed by atoms with Gasteiger partial charge in [-0.2, -0.15) is 0 Å². The van der Waals surface area contributed by atoms with Crippen LogP contribution in [0.5, 0.6) is 0 Å². The lowest BCUT2D eigenvalue weighted by molar-refractivity contribution is 0.0696. The Morgan fingerprint density at radius 3 is 2.63 bits per heavy atom. The molecule has 0 saturated carbocycles. The fourth-order valence-corrected chi connectivity index (χ4v) is 1.69. The lowest BCUT2D eigenvalue weighted by atomic mass is 10.2. The van der Waals surface area contributed by atoms with E-state index in [1.54, 1.807) is 24.3 Å². The monoisotopic (exact) mass is 276 g/mol. The topological polar surface area (TPSA) is 79.3 Å². The molecule has 2 rings (SSSR count). The first-order valence-electron chi connectivity index (χ1n) is 5.32. The number of aromatic nitrogens is 1. The Labute approximate surface area is 113 Å². The van der Waals surface area contributed by atoms with Crippen molar-refractivity contribution in [2.45, 2.75) is 0 Å². The first kappa shape index (κ1) is 13.0. The van der Waals surface area contributed by atoms with Gasteiger partial charge in [0.1, 0.15) is 0 Å². The van der Waals surface area contributed by atoms with E-state index < -0.39 is 11.9 Å². The quantitative estimate of drug-likeness (QED) is 0.903. The molecule has 6 heteroatoms. The Morgan fingerprint density at radius 2 is 1.95 bits per heavy atom. The Kier molecular flexibility index (Phi) is 3.77. The molecule has 1 amide bonds. The number of hydrogen-bond acceptors (Lipinski definition) is 3. The van der Waals surface area contributed by atoms with Gasteiger partial charge in [0.2, 0.25) is 0 Å². The van der Waals surface area contributed by atoms with Crippen LogP contribution in [0.15, 0.2) is 42.7 Å². The third kappa shape index (κ3) is 3.08. The summed E-state index contributed by atoms with van der Waals surface area (Å²) in [6, 6.07) is 7.90. The lowest BCUT2D eigenvalue weighted by Crippen LogP contribution is -2.13. The van der Waals surface area contributed by atoms with Crippen LogP contribution < -0.4 is 5.32 Å². The van der Waals surface area contributed by atoms with Gasteiger partial charge < -0.3 is 10.4 Å². The average molecular weight is 277 g/mol. The van der Waals surface area contributed by atoms with Crippen LogP contribution >= 0.6 is 11.6 Å². The second-order valence-electron chi connectivity index (χ2n) is 3.70. The first-order valence-corrected chi connectivity index (χ1v) is 5.70. The van der Waals surface area contributed by atoms with Crippen LogP contribution in [-0.2, 0) is 0 Å². The fraction of sp³-hybridized carbons (Fsp3) is 0. The van der Waals surface area contributed by atoms with Crippen molar-refractivity contribution in [3.05, 3.63) is 58.9 Å². The minimum atomic E-state index is -1.11. The number of hydrogen-bond donors (Lipinski definition) is 2. The van der Waals surface area contributed by atoms with E-state index in [0.717, 1.165) is 0 Å². The highest BCUT2D eigenvalue weighted by Crippen LogP contribution is 2.17. The molecule has 0 saturated heterocycles. The highest BCUT2D eigenvalue weighted by molar-refractivity contribution is 6.34. The average Bonchev–Trinajstić information content (AvgIpc) is 2.39. The summed E-state index contributed by atoms with van der Waals surface area (Å²) in [5.74, 6) is -1.53. The van der Waals surface area contributed by atoms with Crippen molar-refractivity contribution >= 4 is 29.2 Å². The third-order valence-electron chi connectivity index (χ3n) is 2.36. The number of amides is 1. The number of pyridine rings is 1. The van der Waals surface area contributed by atoms with Gasteiger partial charge in [-0.15, -0.1) is 0 Å². The minimum absolute atomic E-state index is 0.00282. The van der Waals surface area contributed by atoms with Crippen molar-refractivity contribution in [1.82, 2.24) is 4.98 Å². The van der Waals surface area contributed by atoms with Crippen LogP contribution in [0.2, 0.25) is 5.02 Å². The second kappa shape index (κ2) is 5.49. The summed E-state index contributed by atoms with van der Waals surface area (Å²) >= 11 is 5.90. The summed E-state index contributed by atoms with van der Waals surface area (Å²) in [7, 11) is 0. The summed E-state index contributed by atoms with van der Waals surface area (Å²) < 4.78 is 0. The molecule has 0 unspecified atom stereocenters. The number of carbonyl (C=O) groups excluding carboxylic acids is 1. The third-order valence-corrected chi connectivity index (χ3v) is 2.69. The zero-order chi connectivity index (χ0) is 13.8. The normalized spacial score (nSPS) is 9.95. The first-order chi connectivity index (χ1) is 9.08. The molecule has 0 aliphatic heterocycles. The van der Waals surface area contributed by atoms with Crippen LogP contribution in [0.4, 0.5) is 5.69 Å². The van der Waals surface area contributed by atoms with Crippen molar-refractivity contribution in [3.63, 3.8) is 0 Å². The number of nitrogens with one attached hydrogen (secondary N) is 1. The molecule has 1 aromatic heterocycles. The van der Waals surface area contributed by atoms with Crippen molar-refractivity contribution in [1.29, 1.82) is 0 Å². The van der Waals surface area contributed by atoms with Crippen molar-refractivity contribution in [2.75, 3.05) is 5.32 Å². The van der Waals surface area contributed by atoms with Gasteiger partial charge in [0.15, 0.2) is 0 Å². The molecule has 2 N–H and O–H groups in total. The van der Waals surface area contributed by atoms with E-state index >= 15 is 0 Å². The summed E-state index contributed by atoms with van der Waals surface area (Å²) in [4.78, 5) is 26.5. The maximum absolute atomic E-state index is 11.9. The number of carboxylic acid groups (broad SMARTS) is 1. The predicted molar refractivity (Wildman–Crippen MR) is 70.6 cm³/mol. The molecule has 2 aromatic rings. The predicted octanol–water partition coefficient (Wildman–Crippen LogP) is 2.69. The standard InChI is InChI=1S/C13H9ClN2O3/c14-11-4-2-1-3-10(11)12(17)16-9-5-8(13(18)19)6-15-7-9/h1-7H,(H,16,17)(H,18,19). The highest BCUT2D eigenvalue weighted by Gasteiger charge is 2.11. The summed E-state index contributed by atoms with van der Waals surface area (Å²) in [6.45, 7) is 0. The Bertz CT molecular complexity index is 643. The number of rotatable bonds is 3. The van der Waals surface area contributed by atoms with E-state index in [1.807, 2.05) is 0 Å². The van der Waals surface area contributed by atoms with E-state index in [9.17, 15) is 9.59 Å². The van der Waals surface area contributed by atoms with Crippen LogP contribution in [0, 0.1) is 0 Å². The van der Waals surface area contributed by atoms with E-state index in [0.29, 0.717) is 16.3 Å². The molecule has 1 heterocycles. The molecule has 0 radical (unpaired) electrons. The molecule has 5 nitrogen and oxygen atoms in total. The van der Waals surface area contributed by atoms with E-state index in [2.05, 4.69) is 10.3 Å². The van der Waals surface area contributed by atoms with Gasteiger partial charge in [0.05, 0.1) is 28.0 Å². The SMILES string of the molecule is O=C(O)c1cncc(NC(=O)c2ccccc2Cl)c1. The molecule has 0 fully saturated rings. The van der Waals surface area contributed by atoms with Crippen LogP contribution in [-0.4, -0.2) is 22.0 Å². The van der Waals surface area contributed by atoms with Gasteiger partial charge in [-0.1, -0.05) is 23.7 Å². The Morgan fingerprint density at radius 1 is 1.21 bits per heavy atom. The smallest absolute Gasteiger partial charge is 0.337 e. The number of carbonyl (C=O) groups is 2. The van der Waals surface area contributed by atoms with Gasteiger partial charge in [-0.3, -0.25) is 9.78 Å². The van der Waals surface area contributed by atoms with Crippen LogP contribution in [0.25, 0.3) is 0 Å².